The highest BCUT2D eigenvalue weighted by Gasteiger charge is 2.30. The van der Waals surface area contributed by atoms with E-state index in [-0.39, 0.29) is 17.7 Å². The molecule has 0 radical (unpaired) electrons. The Bertz CT molecular complexity index is 1550. The van der Waals surface area contributed by atoms with Gasteiger partial charge in [0.1, 0.15) is 11.6 Å². The highest BCUT2D eigenvalue weighted by atomic mass is 19.1. The Morgan fingerprint density at radius 2 is 1.66 bits per heavy atom. The summed E-state index contributed by atoms with van der Waals surface area (Å²) in [6, 6.07) is 18.4. The maximum atomic E-state index is 13.2. The molecule has 3 heterocycles. The molecule has 0 spiro atoms. The minimum Gasteiger partial charge on any atom is -0.493 e. The lowest BCUT2D eigenvalue weighted by molar-refractivity contribution is -0.136. The molecule has 0 saturated carbocycles. The third kappa shape index (κ3) is 7.99. The van der Waals surface area contributed by atoms with Crippen molar-refractivity contribution in [2.45, 2.75) is 59.5 Å². The van der Waals surface area contributed by atoms with Gasteiger partial charge in [-0.2, -0.15) is 0 Å². The first-order chi connectivity index (χ1) is 21.2. The number of halogens is 1. The topological polar surface area (TPSA) is 87.6 Å². The van der Waals surface area contributed by atoms with Crippen molar-refractivity contribution in [2.24, 2.45) is 5.41 Å². The van der Waals surface area contributed by atoms with Crippen LogP contribution in [0.5, 0.6) is 5.75 Å². The third-order valence-corrected chi connectivity index (χ3v) is 8.40. The van der Waals surface area contributed by atoms with Gasteiger partial charge in [-0.25, -0.2) is 4.39 Å². The van der Waals surface area contributed by atoms with Crippen molar-refractivity contribution in [3.8, 4) is 16.9 Å². The second-order valence-corrected chi connectivity index (χ2v) is 12.3. The first-order valence-corrected chi connectivity index (χ1v) is 15.2. The van der Waals surface area contributed by atoms with E-state index in [1.54, 1.807) is 24.5 Å². The molecule has 2 aromatic heterocycles. The van der Waals surface area contributed by atoms with E-state index < -0.39 is 5.97 Å². The van der Waals surface area contributed by atoms with Gasteiger partial charge in [0.15, 0.2) is 0 Å². The first-order valence-electron chi connectivity index (χ1n) is 15.2. The summed E-state index contributed by atoms with van der Waals surface area (Å²) in [4.78, 5) is 23.6. The van der Waals surface area contributed by atoms with Crippen LogP contribution in [0.25, 0.3) is 11.1 Å². The van der Waals surface area contributed by atoms with Crippen molar-refractivity contribution in [3.63, 3.8) is 0 Å². The van der Waals surface area contributed by atoms with Crippen LogP contribution in [-0.2, 0) is 30.7 Å². The minimum absolute atomic E-state index is 0.0869. The number of hydrogen-bond donors (Lipinski definition) is 2. The third-order valence-electron chi connectivity index (χ3n) is 8.40. The fraction of sp³-hybridized carbons (Fsp3) is 0.361. The number of piperidine rings is 1. The molecule has 0 atom stereocenters. The summed E-state index contributed by atoms with van der Waals surface area (Å²) in [7, 11) is 0. The fourth-order valence-electron chi connectivity index (χ4n) is 5.74. The van der Waals surface area contributed by atoms with Crippen LogP contribution >= 0.6 is 0 Å². The summed E-state index contributed by atoms with van der Waals surface area (Å²) in [6.07, 6.45) is 6.20. The molecule has 1 aliphatic heterocycles. The van der Waals surface area contributed by atoms with Gasteiger partial charge in [-0.1, -0.05) is 38.1 Å². The van der Waals surface area contributed by atoms with Crippen molar-refractivity contribution in [1.29, 1.82) is 0 Å². The number of aliphatic carboxylic acids is 1. The number of aromatic nitrogens is 2. The Hall–Kier alpha value is -4.30. The molecule has 0 amide bonds. The Kier molecular flexibility index (Phi) is 9.90. The van der Waals surface area contributed by atoms with E-state index in [2.05, 4.69) is 29.0 Å². The largest absolute Gasteiger partial charge is 0.493 e. The SMILES string of the molecule is Cc1nc(CNCc2ccncc2)c(-c2ccc(OCCc3ccc(F)cc3)cc2)c(N2CCC(C)(C)CC2)c1CC(=O)O. The molecular formula is C36H41FN4O3. The van der Waals surface area contributed by atoms with Gasteiger partial charge < -0.3 is 20.1 Å². The molecule has 0 aliphatic carbocycles. The monoisotopic (exact) mass is 596 g/mol. The van der Waals surface area contributed by atoms with E-state index in [1.165, 1.54) is 12.1 Å². The zero-order valence-corrected chi connectivity index (χ0v) is 25.8. The number of rotatable bonds is 12. The molecular weight excluding hydrogens is 555 g/mol. The van der Waals surface area contributed by atoms with Crippen LogP contribution in [0.4, 0.5) is 10.1 Å². The number of carboxylic acid groups (broad SMARTS) is 1. The molecule has 8 heteroatoms. The molecule has 0 bridgehead atoms. The van der Waals surface area contributed by atoms with Crippen LogP contribution in [0, 0.1) is 18.2 Å². The summed E-state index contributed by atoms with van der Waals surface area (Å²) < 4.78 is 19.3. The number of nitrogens with zero attached hydrogens (tertiary/aromatic N) is 3. The zero-order chi connectivity index (χ0) is 31.1. The predicted octanol–water partition coefficient (Wildman–Crippen LogP) is 6.76. The quantitative estimate of drug-likeness (QED) is 0.187. The number of carboxylic acids is 1. The summed E-state index contributed by atoms with van der Waals surface area (Å²) >= 11 is 0. The highest BCUT2D eigenvalue weighted by molar-refractivity contribution is 5.86. The van der Waals surface area contributed by atoms with E-state index in [0.29, 0.717) is 26.1 Å². The Morgan fingerprint density at radius 1 is 0.977 bits per heavy atom. The molecule has 230 valence electrons. The van der Waals surface area contributed by atoms with Crippen LogP contribution in [-0.4, -0.2) is 40.7 Å². The number of nitrogens with one attached hydrogen (secondary N) is 1. The first kappa shape index (κ1) is 31.1. The van der Waals surface area contributed by atoms with Gasteiger partial charge in [0.05, 0.1) is 24.4 Å². The number of carbonyl (C=O) groups is 1. The molecule has 44 heavy (non-hydrogen) atoms. The number of benzene rings is 2. The van der Waals surface area contributed by atoms with E-state index in [9.17, 15) is 14.3 Å². The van der Waals surface area contributed by atoms with Crippen LogP contribution < -0.4 is 15.0 Å². The molecule has 1 aliphatic rings. The molecule has 4 aromatic rings. The predicted molar refractivity (Wildman–Crippen MR) is 171 cm³/mol. The van der Waals surface area contributed by atoms with E-state index in [1.807, 2.05) is 43.3 Å². The highest BCUT2D eigenvalue weighted by Crippen LogP contribution is 2.42. The van der Waals surface area contributed by atoms with Gasteiger partial charge in [0.25, 0.3) is 0 Å². The fourth-order valence-corrected chi connectivity index (χ4v) is 5.74. The summed E-state index contributed by atoms with van der Waals surface area (Å²) in [5, 5.41) is 13.5. The lowest BCUT2D eigenvalue weighted by atomic mass is 9.82. The standard InChI is InChI=1S/C36H41FN4O3/c1-25-31(22-33(42)43)35(41-19-15-36(2,3)16-20-41)34(32(40-25)24-39-23-27-12-17-38-18-13-27)28-6-10-30(11-7-28)44-21-14-26-4-8-29(37)9-5-26/h4-13,17-18,39H,14-16,19-24H2,1-3H3,(H,42,43). The Morgan fingerprint density at radius 3 is 2.32 bits per heavy atom. The van der Waals surface area contributed by atoms with Gasteiger partial charge in [-0.15, -0.1) is 0 Å². The maximum Gasteiger partial charge on any atom is 0.307 e. The molecule has 1 fully saturated rings. The lowest BCUT2D eigenvalue weighted by Gasteiger charge is -2.40. The average Bonchev–Trinajstić information content (AvgIpc) is 3.00. The van der Waals surface area contributed by atoms with Gasteiger partial charge in [-0.3, -0.25) is 14.8 Å². The van der Waals surface area contributed by atoms with Gasteiger partial charge in [0, 0.05) is 61.8 Å². The Balaban J connectivity index is 1.47. The van der Waals surface area contributed by atoms with Gasteiger partial charge >= 0.3 is 5.97 Å². The van der Waals surface area contributed by atoms with Crippen LogP contribution in [0.15, 0.2) is 73.1 Å². The van der Waals surface area contributed by atoms with E-state index in [0.717, 1.165) is 76.6 Å². The number of hydrogen-bond acceptors (Lipinski definition) is 6. The zero-order valence-electron chi connectivity index (χ0n) is 25.8. The van der Waals surface area contributed by atoms with Gasteiger partial charge in [-0.05, 0) is 78.3 Å². The minimum atomic E-state index is -0.868. The van der Waals surface area contributed by atoms with Crippen molar-refractivity contribution in [2.75, 3.05) is 24.6 Å². The van der Waals surface area contributed by atoms with Crippen LogP contribution in [0.3, 0.4) is 0 Å². The normalized spacial score (nSPS) is 14.4. The number of anilines is 1. The van der Waals surface area contributed by atoms with Crippen molar-refractivity contribution in [1.82, 2.24) is 15.3 Å². The van der Waals surface area contributed by atoms with Crippen molar-refractivity contribution in [3.05, 3.63) is 107 Å². The molecule has 2 N–H and O–H groups in total. The molecule has 0 unspecified atom stereocenters. The second-order valence-electron chi connectivity index (χ2n) is 12.3. The second kappa shape index (κ2) is 14.0. The Labute approximate surface area is 259 Å². The number of aryl methyl sites for hydroxylation is 1. The summed E-state index contributed by atoms with van der Waals surface area (Å²) in [6.45, 7) is 9.87. The number of ether oxygens (including phenoxy) is 1. The lowest BCUT2D eigenvalue weighted by Crippen LogP contribution is -2.38. The molecule has 7 nitrogen and oxygen atoms in total. The maximum absolute atomic E-state index is 13.2. The number of pyridine rings is 2. The van der Waals surface area contributed by atoms with Crippen molar-refractivity contribution < 1.29 is 19.0 Å². The smallest absolute Gasteiger partial charge is 0.307 e. The molecule has 5 rings (SSSR count). The van der Waals surface area contributed by atoms with Crippen LogP contribution in [0.1, 0.15) is 54.8 Å². The van der Waals surface area contributed by atoms with Crippen LogP contribution in [0.2, 0.25) is 0 Å². The molecule has 2 aromatic carbocycles. The van der Waals surface area contributed by atoms with E-state index >= 15 is 0 Å². The summed E-state index contributed by atoms with van der Waals surface area (Å²) in [5.41, 5.74) is 7.69. The molecule has 1 saturated heterocycles. The van der Waals surface area contributed by atoms with E-state index in [4.69, 9.17) is 9.72 Å². The summed E-state index contributed by atoms with van der Waals surface area (Å²) in [5.74, 6) is -0.379. The van der Waals surface area contributed by atoms with Crippen molar-refractivity contribution >= 4 is 11.7 Å². The van der Waals surface area contributed by atoms with Gasteiger partial charge in [0.2, 0.25) is 0 Å². The average molecular weight is 597 g/mol.